The van der Waals surface area contributed by atoms with Crippen LogP contribution in [0, 0.1) is 24.3 Å². The first kappa shape index (κ1) is 19.6. The van der Waals surface area contributed by atoms with Crippen molar-refractivity contribution < 1.29 is 9.21 Å². The van der Waals surface area contributed by atoms with E-state index < -0.39 is 0 Å². The number of oxazole rings is 1. The first-order valence-corrected chi connectivity index (χ1v) is 10.7. The van der Waals surface area contributed by atoms with Crippen molar-refractivity contribution in [2.45, 2.75) is 32.9 Å². The van der Waals surface area contributed by atoms with E-state index >= 15 is 0 Å². The number of hydrogen-bond acceptors (Lipinski definition) is 6. The van der Waals surface area contributed by atoms with Gasteiger partial charge in [0.2, 0.25) is 5.91 Å². The van der Waals surface area contributed by atoms with Gasteiger partial charge in [-0.05, 0) is 73.0 Å². The summed E-state index contributed by atoms with van der Waals surface area (Å²) in [5.74, 6) is 0.694. The number of nitriles is 1. The van der Waals surface area contributed by atoms with Crippen molar-refractivity contribution in [2.24, 2.45) is 5.92 Å². The molecule has 0 aliphatic carbocycles. The van der Waals surface area contributed by atoms with E-state index in [1.807, 2.05) is 37.3 Å². The number of piperidine rings is 1. The highest BCUT2D eigenvalue weighted by atomic mass is 16.3. The summed E-state index contributed by atoms with van der Waals surface area (Å²) in [5.41, 5.74) is 6.54. The van der Waals surface area contributed by atoms with Gasteiger partial charge in [-0.2, -0.15) is 5.26 Å². The van der Waals surface area contributed by atoms with E-state index in [0.717, 1.165) is 65.0 Å². The Morgan fingerprint density at radius 3 is 2.97 bits per heavy atom. The zero-order valence-electron chi connectivity index (χ0n) is 17.8. The number of nitrogens with zero attached hydrogens (tertiary/aromatic N) is 4. The number of carbonyl (C=O) groups excluding carboxylic acids is 1. The van der Waals surface area contributed by atoms with Gasteiger partial charge in [-0.25, -0.2) is 4.98 Å². The molecule has 7 nitrogen and oxygen atoms in total. The highest BCUT2D eigenvalue weighted by Gasteiger charge is 2.26. The Morgan fingerprint density at radius 1 is 1.29 bits per heavy atom. The Bertz CT molecular complexity index is 1210. The number of amides is 1. The van der Waals surface area contributed by atoms with Crippen molar-refractivity contribution in [3.8, 4) is 17.3 Å². The molecule has 1 saturated heterocycles. The van der Waals surface area contributed by atoms with Crippen LogP contribution in [-0.4, -0.2) is 40.8 Å². The molecule has 1 N–H and O–H groups in total. The monoisotopic (exact) mass is 415 g/mol. The van der Waals surface area contributed by atoms with Crippen LogP contribution in [0.15, 0.2) is 34.7 Å². The van der Waals surface area contributed by atoms with Crippen LogP contribution in [0.5, 0.6) is 0 Å². The summed E-state index contributed by atoms with van der Waals surface area (Å²) in [6.07, 6.45) is 4.21. The van der Waals surface area contributed by atoms with E-state index in [9.17, 15) is 10.1 Å². The first-order chi connectivity index (χ1) is 15.0. The normalized spacial score (nSPS) is 18.7. The van der Waals surface area contributed by atoms with Crippen molar-refractivity contribution >= 4 is 22.7 Å². The Morgan fingerprint density at radius 2 is 2.16 bits per heavy atom. The fraction of sp³-hybridized carbons (Fsp3) is 0.375. The highest BCUT2D eigenvalue weighted by molar-refractivity contribution is 5.94. The Labute approximate surface area is 181 Å². The Kier molecular flexibility index (Phi) is 4.87. The van der Waals surface area contributed by atoms with Crippen molar-refractivity contribution in [1.82, 2.24) is 14.8 Å². The van der Waals surface area contributed by atoms with Gasteiger partial charge in [0, 0.05) is 19.2 Å². The average Bonchev–Trinajstić information content (AvgIpc) is 3.34. The van der Waals surface area contributed by atoms with Gasteiger partial charge in [0.15, 0.2) is 17.7 Å². The van der Waals surface area contributed by atoms with Crippen LogP contribution in [0.1, 0.15) is 29.9 Å². The van der Waals surface area contributed by atoms with Crippen LogP contribution in [-0.2, 0) is 17.9 Å². The highest BCUT2D eigenvalue weighted by Crippen LogP contribution is 2.37. The first-order valence-electron chi connectivity index (χ1n) is 10.7. The van der Waals surface area contributed by atoms with E-state index in [1.165, 1.54) is 0 Å². The third-order valence-electron chi connectivity index (χ3n) is 6.26. The van der Waals surface area contributed by atoms with E-state index in [2.05, 4.69) is 28.4 Å². The maximum absolute atomic E-state index is 12.9. The summed E-state index contributed by atoms with van der Waals surface area (Å²) in [5, 5.41) is 12.6. The van der Waals surface area contributed by atoms with Gasteiger partial charge < -0.3 is 19.5 Å². The van der Waals surface area contributed by atoms with Gasteiger partial charge in [-0.1, -0.05) is 6.07 Å². The zero-order valence-corrected chi connectivity index (χ0v) is 17.8. The van der Waals surface area contributed by atoms with E-state index in [-0.39, 0.29) is 11.8 Å². The molecule has 2 aliphatic heterocycles. The minimum absolute atomic E-state index is 0.000389. The number of carbonyl (C=O) groups is 1. The summed E-state index contributed by atoms with van der Waals surface area (Å²) in [6.45, 7) is 4.78. The minimum Gasteiger partial charge on any atom is -0.441 e. The summed E-state index contributed by atoms with van der Waals surface area (Å²) in [7, 11) is 2.06. The van der Waals surface area contributed by atoms with Gasteiger partial charge in [-0.15, -0.1) is 0 Å². The number of rotatable bonds is 3. The van der Waals surface area contributed by atoms with E-state index in [1.54, 1.807) is 4.90 Å². The Hall–Kier alpha value is -3.37. The van der Waals surface area contributed by atoms with Gasteiger partial charge in [0.05, 0.1) is 19.0 Å². The second kappa shape index (κ2) is 7.71. The molecule has 0 bridgehead atoms. The number of aryl methyl sites for hydroxylation is 1. The predicted octanol–water partition coefficient (Wildman–Crippen LogP) is 3.88. The molecule has 1 fully saturated rings. The second-order valence-electron chi connectivity index (χ2n) is 8.62. The molecule has 1 unspecified atom stereocenters. The largest absolute Gasteiger partial charge is 0.441 e. The molecule has 3 heterocycles. The summed E-state index contributed by atoms with van der Waals surface area (Å²) in [6, 6.07) is 10.00. The van der Waals surface area contributed by atoms with Crippen LogP contribution >= 0.6 is 0 Å². The molecule has 5 rings (SSSR count). The molecular formula is C24H25N5O2. The maximum atomic E-state index is 12.9. The quantitative estimate of drug-likeness (QED) is 0.654. The van der Waals surface area contributed by atoms with Crippen molar-refractivity contribution in [3.05, 3.63) is 47.3 Å². The molecule has 1 aromatic heterocycles. The second-order valence-corrected chi connectivity index (χ2v) is 8.62. The smallest absolute Gasteiger partial charge is 0.228 e. The molecule has 2 aromatic carbocycles. The fourth-order valence-corrected chi connectivity index (χ4v) is 4.74. The lowest BCUT2D eigenvalue weighted by atomic mass is 9.95. The van der Waals surface area contributed by atoms with E-state index in [0.29, 0.717) is 19.0 Å². The van der Waals surface area contributed by atoms with Crippen LogP contribution in [0.3, 0.4) is 0 Å². The fourth-order valence-electron chi connectivity index (χ4n) is 4.74. The lowest BCUT2D eigenvalue weighted by Gasteiger charge is -2.28. The number of hydrogen-bond donors (Lipinski definition) is 1. The van der Waals surface area contributed by atoms with Crippen LogP contribution in [0.25, 0.3) is 22.2 Å². The molecule has 2 aliphatic rings. The topological polar surface area (TPSA) is 85.4 Å². The standard InChI is InChI=1S/C24H25N5O2/c1-15-26-22-6-5-16(9-23(22)31-15)20-10-19(8-18-12-29(14-25)13-21(18)20)27-24(30)17-4-3-7-28(2)11-17/h5-6,8-10,17H,3-4,7,11-13H2,1-2H3,(H,27,30). The molecule has 1 atom stereocenters. The summed E-state index contributed by atoms with van der Waals surface area (Å²) in [4.78, 5) is 21.3. The maximum Gasteiger partial charge on any atom is 0.228 e. The third-order valence-corrected chi connectivity index (χ3v) is 6.26. The number of benzene rings is 2. The number of nitrogens with one attached hydrogen (secondary N) is 1. The Balaban J connectivity index is 1.51. The molecule has 0 radical (unpaired) electrons. The zero-order chi connectivity index (χ0) is 21.5. The number of aromatic nitrogens is 1. The molecule has 158 valence electrons. The van der Waals surface area contributed by atoms with Crippen LogP contribution < -0.4 is 5.32 Å². The molecule has 31 heavy (non-hydrogen) atoms. The third kappa shape index (κ3) is 3.75. The number of anilines is 1. The van der Waals surface area contributed by atoms with Crippen molar-refractivity contribution in [1.29, 1.82) is 5.26 Å². The minimum atomic E-state index is -0.000389. The van der Waals surface area contributed by atoms with Crippen LogP contribution in [0.2, 0.25) is 0 Å². The molecule has 1 amide bonds. The molecular weight excluding hydrogens is 390 g/mol. The lowest BCUT2D eigenvalue weighted by molar-refractivity contribution is -0.121. The van der Waals surface area contributed by atoms with Crippen molar-refractivity contribution in [3.63, 3.8) is 0 Å². The summed E-state index contributed by atoms with van der Waals surface area (Å²) < 4.78 is 5.73. The van der Waals surface area contributed by atoms with Gasteiger partial charge >= 0.3 is 0 Å². The van der Waals surface area contributed by atoms with E-state index in [4.69, 9.17) is 4.42 Å². The van der Waals surface area contributed by atoms with Gasteiger partial charge in [0.1, 0.15) is 5.52 Å². The molecule has 0 saturated carbocycles. The number of fused-ring (bicyclic) bond motifs is 2. The molecule has 0 spiro atoms. The molecule has 3 aromatic rings. The van der Waals surface area contributed by atoms with Crippen LogP contribution in [0.4, 0.5) is 5.69 Å². The summed E-state index contributed by atoms with van der Waals surface area (Å²) >= 11 is 0. The predicted molar refractivity (Wildman–Crippen MR) is 118 cm³/mol. The average molecular weight is 415 g/mol. The molecule has 7 heteroatoms. The van der Waals surface area contributed by atoms with Gasteiger partial charge in [-0.3, -0.25) is 4.79 Å². The number of likely N-dealkylation sites (tertiary alicyclic amines) is 1. The SMILES string of the molecule is Cc1nc2ccc(-c3cc(NC(=O)C4CCCN(C)C4)cc4c3CN(C#N)C4)cc2o1. The lowest BCUT2D eigenvalue weighted by Crippen LogP contribution is -2.38. The van der Waals surface area contributed by atoms with Crippen molar-refractivity contribution in [2.75, 3.05) is 25.5 Å². The van der Waals surface area contributed by atoms with Gasteiger partial charge in [0.25, 0.3) is 0 Å².